The Morgan fingerprint density at radius 1 is 1.20 bits per heavy atom. The molecule has 108 valence electrons. The molecule has 5 nitrogen and oxygen atoms in total. The van der Waals surface area contributed by atoms with E-state index in [9.17, 15) is 8.42 Å². The normalized spacial score (nSPS) is 11.8. The molecule has 1 aromatic carbocycles. The Morgan fingerprint density at radius 2 is 1.90 bits per heavy atom. The standard InChI is InChI=1S/C14H18N2O3S/c1-9-5-6-14(10(2)7-9)20(17,18)15-8-13-11(3)16-12(4)19-13/h5-7,15H,8H2,1-4H3. The third-order valence-corrected chi connectivity index (χ3v) is 4.60. The number of aromatic nitrogens is 1. The number of nitrogens with one attached hydrogen (secondary N) is 1. The van der Waals surface area contributed by atoms with E-state index < -0.39 is 10.0 Å². The van der Waals surface area contributed by atoms with Crippen molar-refractivity contribution >= 4 is 10.0 Å². The summed E-state index contributed by atoms with van der Waals surface area (Å²) >= 11 is 0. The Balaban J connectivity index is 2.21. The first-order valence-corrected chi connectivity index (χ1v) is 7.78. The van der Waals surface area contributed by atoms with Crippen molar-refractivity contribution in [3.8, 4) is 0 Å². The highest BCUT2D eigenvalue weighted by Crippen LogP contribution is 2.17. The van der Waals surface area contributed by atoms with E-state index in [0.717, 1.165) is 11.1 Å². The Bertz CT molecular complexity index is 733. The molecule has 0 aliphatic heterocycles. The van der Waals surface area contributed by atoms with Crippen molar-refractivity contribution < 1.29 is 12.8 Å². The lowest BCUT2D eigenvalue weighted by atomic mass is 10.2. The molecule has 0 saturated carbocycles. The smallest absolute Gasteiger partial charge is 0.241 e. The minimum Gasteiger partial charge on any atom is -0.444 e. The summed E-state index contributed by atoms with van der Waals surface area (Å²) in [7, 11) is -3.55. The summed E-state index contributed by atoms with van der Waals surface area (Å²) in [6.07, 6.45) is 0. The lowest BCUT2D eigenvalue weighted by Gasteiger charge is -2.09. The van der Waals surface area contributed by atoms with Crippen LogP contribution in [0.15, 0.2) is 27.5 Å². The minimum absolute atomic E-state index is 0.0995. The quantitative estimate of drug-likeness (QED) is 0.939. The van der Waals surface area contributed by atoms with Crippen molar-refractivity contribution in [3.05, 3.63) is 46.7 Å². The van der Waals surface area contributed by atoms with E-state index in [1.54, 1.807) is 32.9 Å². The number of rotatable bonds is 4. The monoisotopic (exact) mass is 294 g/mol. The van der Waals surface area contributed by atoms with Gasteiger partial charge in [-0.1, -0.05) is 17.7 Å². The summed E-state index contributed by atoms with van der Waals surface area (Å²) in [6.45, 7) is 7.33. The largest absolute Gasteiger partial charge is 0.444 e. The molecule has 1 heterocycles. The van der Waals surface area contributed by atoms with Gasteiger partial charge in [-0.15, -0.1) is 0 Å². The highest BCUT2D eigenvalue weighted by Gasteiger charge is 2.18. The molecule has 2 rings (SSSR count). The molecule has 20 heavy (non-hydrogen) atoms. The molecule has 0 radical (unpaired) electrons. The van der Waals surface area contributed by atoms with Gasteiger partial charge < -0.3 is 4.42 Å². The first-order chi connectivity index (χ1) is 9.29. The lowest BCUT2D eigenvalue weighted by molar-refractivity contribution is 0.466. The fourth-order valence-corrected chi connectivity index (χ4v) is 3.28. The topological polar surface area (TPSA) is 72.2 Å². The highest BCUT2D eigenvalue weighted by molar-refractivity contribution is 7.89. The van der Waals surface area contributed by atoms with Gasteiger partial charge in [0.05, 0.1) is 17.1 Å². The van der Waals surface area contributed by atoms with Crippen LogP contribution in [0.4, 0.5) is 0 Å². The van der Waals surface area contributed by atoms with Crippen LogP contribution in [0.5, 0.6) is 0 Å². The van der Waals surface area contributed by atoms with E-state index in [-0.39, 0.29) is 11.4 Å². The van der Waals surface area contributed by atoms with Crippen LogP contribution in [0.25, 0.3) is 0 Å². The molecule has 0 saturated heterocycles. The zero-order chi connectivity index (χ0) is 14.9. The highest BCUT2D eigenvalue weighted by atomic mass is 32.2. The van der Waals surface area contributed by atoms with Crippen molar-refractivity contribution in [2.24, 2.45) is 0 Å². The summed E-state index contributed by atoms with van der Waals surface area (Å²) in [5, 5.41) is 0. The number of sulfonamides is 1. The van der Waals surface area contributed by atoms with Gasteiger partial charge in [-0.2, -0.15) is 0 Å². The van der Waals surface area contributed by atoms with Crippen LogP contribution in [0, 0.1) is 27.7 Å². The number of oxazole rings is 1. The summed E-state index contributed by atoms with van der Waals surface area (Å²) in [5.74, 6) is 1.07. The van der Waals surface area contributed by atoms with Gasteiger partial charge >= 0.3 is 0 Å². The van der Waals surface area contributed by atoms with Crippen LogP contribution < -0.4 is 4.72 Å². The maximum atomic E-state index is 12.3. The van der Waals surface area contributed by atoms with Gasteiger partial charge in [0.2, 0.25) is 10.0 Å². The van der Waals surface area contributed by atoms with Crippen molar-refractivity contribution in [1.29, 1.82) is 0 Å². The molecular formula is C14H18N2O3S. The molecule has 0 unspecified atom stereocenters. The maximum Gasteiger partial charge on any atom is 0.241 e. The minimum atomic E-state index is -3.55. The number of hydrogen-bond acceptors (Lipinski definition) is 4. The second-order valence-electron chi connectivity index (χ2n) is 4.83. The number of aryl methyl sites for hydroxylation is 4. The van der Waals surface area contributed by atoms with Crippen molar-refractivity contribution in [2.45, 2.75) is 39.1 Å². The van der Waals surface area contributed by atoms with Crippen LogP contribution in [-0.4, -0.2) is 13.4 Å². The van der Waals surface area contributed by atoms with Gasteiger partial charge in [0.1, 0.15) is 5.76 Å². The summed E-state index contributed by atoms with van der Waals surface area (Å²) in [6, 6.07) is 5.25. The lowest BCUT2D eigenvalue weighted by Crippen LogP contribution is -2.24. The Kier molecular flexibility index (Phi) is 3.96. The fourth-order valence-electron chi connectivity index (χ4n) is 2.08. The Morgan fingerprint density at radius 3 is 2.45 bits per heavy atom. The van der Waals surface area contributed by atoms with E-state index in [1.807, 2.05) is 13.0 Å². The molecule has 0 bridgehead atoms. The predicted octanol–water partition coefficient (Wildman–Crippen LogP) is 2.39. The Hall–Kier alpha value is -1.66. The molecule has 0 spiro atoms. The first kappa shape index (κ1) is 14.7. The molecule has 0 atom stereocenters. The molecule has 1 N–H and O–H groups in total. The van der Waals surface area contributed by atoms with Crippen molar-refractivity contribution in [3.63, 3.8) is 0 Å². The zero-order valence-corrected chi connectivity index (χ0v) is 12.8. The van der Waals surface area contributed by atoms with Crippen LogP contribution >= 0.6 is 0 Å². The van der Waals surface area contributed by atoms with Gasteiger partial charge in [-0.05, 0) is 32.4 Å². The van der Waals surface area contributed by atoms with E-state index in [1.165, 1.54) is 0 Å². The molecular weight excluding hydrogens is 276 g/mol. The number of benzene rings is 1. The van der Waals surface area contributed by atoms with Gasteiger partial charge in [0, 0.05) is 6.92 Å². The molecule has 2 aromatic rings. The van der Waals surface area contributed by atoms with Gasteiger partial charge in [0.25, 0.3) is 0 Å². The summed E-state index contributed by atoms with van der Waals surface area (Å²) in [5.41, 5.74) is 2.46. The van der Waals surface area contributed by atoms with E-state index in [4.69, 9.17) is 4.42 Å². The average molecular weight is 294 g/mol. The van der Waals surface area contributed by atoms with Crippen LogP contribution in [-0.2, 0) is 16.6 Å². The van der Waals surface area contributed by atoms with Crippen LogP contribution in [0.3, 0.4) is 0 Å². The predicted molar refractivity (Wildman–Crippen MR) is 75.9 cm³/mol. The third kappa shape index (κ3) is 3.08. The van der Waals surface area contributed by atoms with Gasteiger partial charge in [-0.25, -0.2) is 18.1 Å². The fraction of sp³-hybridized carbons (Fsp3) is 0.357. The number of nitrogens with zero attached hydrogens (tertiary/aromatic N) is 1. The van der Waals surface area contributed by atoms with Gasteiger partial charge in [-0.3, -0.25) is 0 Å². The molecule has 1 aromatic heterocycles. The molecule has 0 aliphatic rings. The first-order valence-electron chi connectivity index (χ1n) is 6.29. The number of hydrogen-bond donors (Lipinski definition) is 1. The third-order valence-electron chi connectivity index (χ3n) is 3.04. The molecule has 0 aliphatic carbocycles. The Labute approximate surface area is 119 Å². The van der Waals surface area contributed by atoms with E-state index >= 15 is 0 Å². The molecule has 0 fully saturated rings. The second-order valence-corrected chi connectivity index (χ2v) is 6.57. The molecule has 0 amide bonds. The summed E-state index contributed by atoms with van der Waals surface area (Å²) in [4.78, 5) is 4.40. The van der Waals surface area contributed by atoms with Crippen LogP contribution in [0.1, 0.15) is 28.5 Å². The van der Waals surface area contributed by atoms with E-state index in [0.29, 0.717) is 17.3 Å². The second kappa shape index (κ2) is 5.38. The van der Waals surface area contributed by atoms with Crippen molar-refractivity contribution in [1.82, 2.24) is 9.71 Å². The SMILES string of the molecule is Cc1ccc(S(=O)(=O)NCc2oc(C)nc2C)c(C)c1. The van der Waals surface area contributed by atoms with Crippen molar-refractivity contribution in [2.75, 3.05) is 0 Å². The summed E-state index contributed by atoms with van der Waals surface area (Å²) < 4.78 is 32.5. The molecule has 6 heteroatoms. The zero-order valence-electron chi connectivity index (χ0n) is 12.0. The van der Waals surface area contributed by atoms with E-state index in [2.05, 4.69) is 9.71 Å². The van der Waals surface area contributed by atoms with Gasteiger partial charge in [0.15, 0.2) is 5.89 Å². The van der Waals surface area contributed by atoms with Crippen LogP contribution in [0.2, 0.25) is 0 Å². The average Bonchev–Trinajstić information content (AvgIpc) is 2.65. The maximum absolute atomic E-state index is 12.3.